The number of hydrogen-bond donors (Lipinski definition) is 2. The highest BCUT2D eigenvalue weighted by atomic mass is 35.5. The molecule has 1 aromatic carbocycles. The molecule has 0 aliphatic heterocycles. The van der Waals surface area contributed by atoms with Crippen LogP contribution in [0, 0.1) is 5.92 Å². The van der Waals surface area contributed by atoms with Gasteiger partial charge in [0.05, 0.1) is 7.11 Å². The molecular formula is C16H25ClN2O2. The standard InChI is InChI=1S/C16H24N2O2.ClH/c1-20-15-7-5-12(6-8-15)9-10-18-16(19)13-3-2-4-14(17)11-13;/h5-8,13-14H,2-4,9-11,17H2,1H3,(H,18,19);1H. The monoisotopic (exact) mass is 312 g/mol. The van der Waals surface area contributed by atoms with E-state index < -0.39 is 0 Å². The number of methoxy groups -OCH3 is 1. The first kappa shape index (κ1) is 17.8. The smallest absolute Gasteiger partial charge is 0.223 e. The molecule has 0 spiro atoms. The predicted molar refractivity (Wildman–Crippen MR) is 86.9 cm³/mol. The summed E-state index contributed by atoms with van der Waals surface area (Å²) in [4.78, 5) is 12.0. The summed E-state index contributed by atoms with van der Waals surface area (Å²) in [5.41, 5.74) is 7.12. The maximum Gasteiger partial charge on any atom is 0.223 e. The lowest BCUT2D eigenvalue weighted by atomic mass is 9.85. The van der Waals surface area contributed by atoms with E-state index in [0.717, 1.165) is 37.9 Å². The molecule has 0 bridgehead atoms. The van der Waals surface area contributed by atoms with Gasteiger partial charge in [0.25, 0.3) is 0 Å². The predicted octanol–water partition coefficient (Wildman–Crippen LogP) is 2.29. The summed E-state index contributed by atoms with van der Waals surface area (Å²) in [6, 6.07) is 8.14. The van der Waals surface area contributed by atoms with Crippen molar-refractivity contribution in [1.82, 2.24) is 5.32 Å². The third kappa shape index (κ3) is 5.56. The van der Waals surface area contributed by atoms with Crippen LogP contribution in [0.3, 0.4) is 0 Å². The Morgan fingerprint density at radius 1 is 1.33 bits per heavy atom. The number of hydrogen-bond acceptors (Lipinski definition) is 3. The minimum absolute atomic E-state index is 0. The maximum absolute atomic E-state index is 12.0. The van der Waals surface area contributed by atoms with E-state index >= 15 is 0 Å². The van der Waals surface area contributed by atoms with Gasteiger partial charge in [0.15, 0.2) is 0 Å². The van der Waals surface area contributed by atoms with Gasteiger partial charge in [-0.2, -0.15) is 0 Å². The zero-order valence-corrected chi connectivity index (χ0v) is 13.3. The first-order valence-corrected chi connectivity index (χ1v) is 7.35. The summed E-state index contributed by atoms with van der Waals surface area (Å²) in [6.45, 7) is 0.677. The Morgan fingerprint density at radius 3 is 2.67 bits per heavy atom. The van der Waals surface area contributed by atoms with E-state index in [-0.39, 0.29) is 30.3 Å². The Kier molecular flexibility index (Phi) is 7.54. The Labute approximate surface area is 132 Å². The van der Waals surface area contributed by atoms with Gasteiger partial charge in [0.1, 0.15) is 5.75 Å². The quantitative estimate of drug-likeness (QED) is 0.877. The van der Waals surface area contributed by atoms with Crippen LogP contribution in [0.5, 0.6) is 5.75 Å². The number of carbonyl (C=O) groups is 1. The molecule has 1 saturated carbocycles. The number of ether oxygens (including phenoxy) is 1. The second kappa shape index (κ2) is 8.90. The van der Waals surface area contributed by atoms with Crippen molar-refractivity contribution in [3.05, 3.63) is 29.8 Å². The van der Waals surface area contributed by atoms with Crippen molar-refractivity contribution in [2.75, 3.05) is 13.7 Å². The molecule has 3 N–H and O–H groups in total. The minimum Gasteiger partial charge on any atom is -0.497 e. The number of halogens is 1. The van der Waals surface area contributed by atoms with Gasteiger partial charge >= 0.3 is 0 Å². The summed E-state index contributed by atoms with van der Waals surface area (Å²) in [5, 5.41) is 3.02. The maximum atomic E-state index is 12.0. The van der Waals surface area contributed by atoms with Gasteiger partial charge in [0, 0.05) is 18.5 Å². The van der Waals surface area contributed by atoms with Crippen LogP contribution in [0.2, 0.25) is 0 Å². The first-order chi connectivity index (χ1) is 9.69. The molecule has 0 saturated heterocycles. The van der Waals surface area contributed by atoms with Gasteiger partial charge < -0.3 is 15.8 Å². The lowest BCUT2D eigenvalue weighted by Crippen LogP contribution is -2.38. The van der Waals surface area contributed by atoms with E-state index in [2.05, 4.69) is 5.32 Å². The third-order valence-corrected chi connectivity index (χ3v) is 3.96. The van der Waals surface area contributed by atoms with Gasteiger partial charge in [-0.15, -0.1) is 12.4 Å². The SMILES string of the molecule is COc1ccc(CCNC(=O)C2CCCC(N)C2)cc1.Cl. The molecule has 1 aromatic rings. The number of carbonyl (C=O) groups excluding carboxylic acids is 1. The molecule has 1 aliphatic carbocycles. The lowest BCUT2D eigenvalue weighted by molar-refractivity contribution is -0.126. The van der Waals surface area contributed by atoms with Crippen LogP contribution in [0.1, 0.15) is 31.2 Å². The molecular weight excluding hydrogens is 288 g/mol. The molecule has 21 heavy (non-hydrogen) atoms. The van der Waals surface area contributed by atoms with Crippen molar-refractivity contribution < 1.29 is 9.53 Å². The average molecular weight is 313 g/mol. The van der Waals surface area contributed by atoms with E-state index in [4.69, 9.17) is 10.5 Å². The molecule has 0 radical (unpaired) electrons. The molecule has 0 aromatic heterocycles. The Morgan fingerprint density at radius 2 is 2.05 bits per heavy atom. The molecule has 4 nitrogen and oxygen atoms in total. The van der Waals surface area contributed by atoms with Crippen molar-refractivity contribution in [1.29, 1.82) is 0 Å². The molecule has 1 fully saturated rings. The van der Waals surface area contributed by atoms with E-state index in [1.54, 1.807) is 7.11 Å². The molecule has 2 atom stereocenters. The average Bonchev–Trinajstić information content (AvgIpc) is 2.48. The number of rotatable bonds is 5. The van der Waals surface area contributed by atoms with Crippen LogP contribution < -0.4 is 15.8 Å². The van der Waals surface area contributed by atoms with Crippen molar-refractivity contribution in [3.8, 4) is 5.75 Å². The fourth-order valence-corrected chi connectivity index (χ4v) is 2.73. The minimum atomic E-state index is 0. The molecule has 2 rings (SSSR count). The largest absolute Gasteiger partial charge is 0.497 e. The number of nitrogens with one attached hydrogen (secondary N) is 1. The Bertz CT molecular complexity index is 436. The fraction of sp³-hybridized carbons (Fsp3) is 0.562. The van der Waals surface area contributed by atoms with Crippen LogP contribution in [-0.4, -0.2) is 25.6 Å². The summed E-state index contributed by atoms with van der Waals surface area (Å²) in [7, 11) is 1.66. The molecule has 118 valence electrons. The second-order valence-corrected chi connectivity index (χ2v) is 5.51. The highest BCUT2D eigenvalue weighted by Gasteiger charge is 2.24. The molecule has 5 heteroatoms. The zero-order valence-electron chi connectivity index (χ0n) is 12.5. The number of nitrogens with two attached hydrogens (primary N) is 1. The summed E-state index contributed by atoms with van der Waals surface area (Å²) in [6.07, 6.45) is 4.76. The molecule has 1 amide bonds. The molecule has 1 aliphatic rings. The van der Waals surface area contributed by atoms with E-state index in [1.807, 2.05) is 24.3 Å². The summed E-state index contributed by atoms with van der Waals surface area (Å²) in [5.74, 6) is 1.12. The van der Waals surface area contributed by atoms with E-state index in [0.29, 0.717) is 6.54 Å². The Balaban J connectivity index is 0.00000220. The molecule has 2 unspecified atom stereocenters. The van der Waals surface area contributed by atoms with Crippen molar-refractivity contribution >= 4 is 18.3 Å². The fourth-order valence-electron chi connectivity index (χ4n) is 2.73. The lowest BCUT2D eigenvalue weighted by Gasteiger charge is -2.25. The highest BCUT2D eigenvalue weighted by Crippen LogP contribution is 2.23. The third-order valence-electron chi connectivity index (χ3n) is 3.96. The van der Waals surface area contributed by atoms with Crippen LogP contribution in [-0.2, 0) is 11.2 Å². The topological polar surface area (TPSA) is 64.3 Å². The molecule has 0 heterocycles. The van der Waals surface area contributed by atoms with Gasteiger partial charge in [-0.3, -0.25) is 4.79 Å². The van der Waals surface area contributed by atoms with Crippen molar-refractivity contribution in [3.63, 3.8) is 0 Å². The summed E-state index contributed by atoms with van der Waals surface area (Å²) >= 11 is 0. The first-order valence-electron chi connectivity index (χ1n) is 7.35. The van der Waals surface area contributed by atoms with Gasteiger partial charge in [-0.25, -0.2) is 0 Å². The summed E-state index contributed by atoms with van der Waals surface area (Å²) < 4.78 is 5.12. The number of benzene rings is 1. The van der Waals surface area contributed by atoms with Gasteiger partial charge in [0.2, 0.25) is 5.91 Å². The highest BCUT2D eigenvalue weighted by molar-refractivity contribution is 5.85. The van der Waals surface area contributed by atoms with E-state index in [9.17, 15) is 4.79 Å². The van der Waals surface area contributed by atoms with Crippen molar-refractivity contribution in [2.45, 2.75) is 38.1 Å². The van der Waals surface area contributed by atoms with Gasteiger partial charge in [-0.05, 0) is 43.4 Å². The Hall–Kier alpha value is -1.26. The number of amides is 1. The van der Waals surface area contributed by atoms with Crippen molar-refractivity contribution in [2.24, 2.45) is 11.7 Å². The van der Waals surface area contributed by atoms with Crippen LogP contribution >= 0.6 is 12.4 Å². The van der Waals surface area contributed by atoms with Crippen LogP contribution in [0.4, 0.5) is 0 Å². The van der Waals surface area contributed by atoms with Crippen LogP contribution in [0.15, 0.2) is 24.3 Å². The van der Waals surface area contributed by atoms with Crippen LogP contribution in [0.25, 0.3) is 0 Å². The van der Waals surface area contributed by atoms with Gasteiger partial charge in [-0.1, -0.05) is 18.6 Å². The normalized spacial score (nSPS) is 21.2. The zero-order chi connectivity index (χ0) is 14.4. The second-order valence-electron chi connectivity index (χ2n) is 5.51. The van der Waals surface area contributed by atoms with E-state index in [1.165, 1.54) is 5.56 Å².